The summed E-state index contributed by atoms with van der Waals surface area (Å²) < 4.78 is 17.1. The first kappa shape index (κ1) is 17.0. The Bertz CT molecular complexity index is 772. The number of rotatable bonds is 6. The van der Waals surface area contributed by atoms with Crippen molar-refractivity contribution >= 4 is 5.91 Å². The first-order valence-electron chi connectivity index (χ1n) is 8.99. The Morgan fingerprint density at radius 2 is 2.27 bits per heavy atom. The van der Waals surface area contributed by atoms with Crippen LogP contribution in [0.4, 0.5) is 0 Å². The highest BCUT2D eigenvalue weighted by Crippen LogP contribution is 2.40. The molecule has 0 unspecified atom stereocenters. The van der Waals surface area contributed by atoms with Crippen LogP contribution in [0.3, 0.4) is 0 Å². The molecular weight excluding hydrogens is 334 g/mol. The zero-order valence-electron chi connectivity index (χ0n) is 15.1. The number of hydrogen-bond donors (Lipinski definition) is 0. The van der Waals surface area contributed by atoms with Gasteiger partial charge in [0.15, 0.2) is 5.89 Å². The fourth-order valence-corrected chi connectivity index (χ4v) is 3.33. The van der Waals surface area contributed by atoms with Gasteiger partial charge in [0.25, 0.3) is 5.91 Å². The predicted octanol–water partition coefficient (Wildman–Crippen LogP) is 2.56. The number of amides is 1. The summed E-state index contributed by atoms with van der Waals surface area (Å²) in [5.41, 5.74) is 0.657. The van der Waals surface area contributed by atoms with Crippen molar-refractivity contribution in [2.24, 2.45) is 0 Å². The molecule has 2 fully saturated rings. The van der Waals surface area contributed by atoms with E-state index in [1.807, 2.05) is 19.1 Å². The van der Waals surface area contributed by atoms with Gasteiger partial charge in [0.05, 0.1) is 24.0 Å². The molecule has 7 heteroatoms. The van der Waals surface area contributed by atoms with E-state index < -0.39 is 0 Å². The highest BCUT2D eigenvalue weighted by Gasteiger charge is 2.39. The third kappa shape index (κ3) is 3.44. The largest absolute Gasteiger partial charge is 0.490 e. The lowest BCUT2D eigenvalue weighted by atomic mass is 10.2. The minimum Gasteiger partial charge on any atom is -0.490 e. The van der Waals surface area contributed by atoms with Gasteiger partial charge in [-0.25, -0.2) is 4.98 Å². The van der Waals surface area contributed by atoms with Crippen molar-refractivity contribution in [2.75, 3.05) is 20.3 Å². The molecule has 2 aromatic heterocycles. The Morgan fingerprint density at radius 3 is 2.96 bits per heavy atom. The Hall–Kier alpha value is -2.41. The van der Waals surface area contributed by atoms with Crippen molar-refractivity contribution in [2.45, 2.75) is 44.2 Å². The minimum absolute atomic E-state index is 0.00687. The van der Waals surface area contributed by atoms with Crippen molar-refractivity contribution in [3.8, 4) is 5.75 Å². The van der Waals surface area contributed by atoms with E-state index in [0.717, 1.165) is 19.3 Å². The Morgan fingerprint density at radius 1 is 1.42 bits per heavy atom. The minimum atomic E-state index is -0.138. The maximum atomic E-state index is 13.1. The Labute approximate surface area is 152 Å². The Kier molecular flexibility index (Phi) is 4.63. The van der Waals surface area contributed by atoms with Gasteiger partial charge in [0.1, 0.15) is 12.4 Å². The average Bonchev–Trinajstić information content (AvgIpc) is 3.32. The maximum absolute atomic E-state index is 13.1. The van der Waals surface area contributed by atoms with E-state index in [9.17, 15) is 4.79 Å². The highest BCUT2D eigenvalue weighted by atomic mass is 16.5. The number of carbonyl (C=O) groups is 1. The SMILES string of the molecule is CO[C@@H]1C[C@@H](COc2cccnc2)N(C(=O)c2oc(C3CC3)nc2C)C1. The van der Waals surface area contributed by atoms with Crippen molar-refractivity contribution in [3.05, 3.63) is 41.9 Å². The van der Waals surface area contributed by atoms with Crippen LogP contribution in [0.15, 0.2) is 28.9 Å². The summed E-state index contributed by atoms with van der Waals surface area (Å²) in [6.07, 6.45) is 6.26. The van der Waals surface area contributed by atoms with Crippen LogP contribution in [0.1, 0.15) is 47.3 Å². The molecule has 1 saturated carbocycles. The zero-order chi connectivity index (χ0) is 18.1. The van der Waals surface area contributed by atoms with Crippen LogP contribution in [0.5, 0.6) is 5.75 Å². The molecule has 1 saturated heterocycles. The van der Waals surface area contributed by atoms with Crippen LogP contribution in [0, 0.1) is 6.92 Å². The van der Waals surface area contributed by atoms with Gasteiger partial charge in [-0.1, -0.05) is 0 Å². The lowest BCUT2D eigenvalue weighted by Crippen LogP contribution is -2.39. The number of ether oxygens (including phenoxy) is 2. The van der Waals surface area contributed by atoms with Crippen LogP contribution < -0.4 is 4.74 Å². The van der Waals surface area contributed by atoms with Gasteiger partial charge in [-0.05, 0) is 38.3 Å². The third-order valence-electron chi connectivity index (χ3n) is 4.98. The standard InChI is InChI=1S/C19H23N3O4/c1-12-17(26-18(21-12)13-5-6-13)19(23)22-10-16(24-2)8-14(22)11-25-15-4-3-7-20-9-15/h3-4,7,9,13-14,16H,5-6,8,10-11H2,1-2H3/t14-,16+/m0/s1. The predicted molar refractivity (Wildman–Crippen MR) is 93.2 cm³/mol. The number of carbonyl (C=O) groups excluding carboxylic acids is 1. The van der Waals surface area contributed by atoms with Crippen LogP contribution in [0.2, 0.25) is 0 Å². The van der Waals surface area contributed by atoms with Crippen LogP contribution >= 0.6 is 0 Å². The topological polar surface area (TPSA) is 77.7 Å². The van der Waals surface area contributed by atoms with Gasteiger partial charge in [0, 0.05) is 25.8 Å². The van der Waals surface area contributed by atoms with Gasteiger partial charge in [-0.3, -0.25) is 9.78 Å². The highest BCUT2D eigenvalue weighted by molar-refractivity contribution is 5.93. The third-order valence-corrected chi connectivity index (χ3v) is 4.98. The quantitative estimate of drug-likeness (QED) is 0.791. The number of oxazole rings is 1. The van der Waals surface area contributed by atoms with Crippen LogP contribution in [0.25, 0.3) is 0 Å². The molecule has 138 valence electrons. The molecule has 0 bridgehead atoms. The number of hydrogen-bond acceptors (Lipinski definition) is 6. The molecule has 7 nitrogen and oxygen atoms in total. The van der Waals surface area contributed by atoms with Gasteiger partial charge in [-0.2, -0.15) is 0 Å². The summed E-state index contributed by atoms with van der Waals surface area (Å²) in [5.74, 6) is 1.96. The number of nitrogens with zero attached hydrogens (tertiary/aromatic N) is 3. The van der Waals surface area contributed by atoms with Gasteiger partial charge >= 0.3 is 0 Å². The summed E-state index contributed by atoms with van der Waals surface area (Å²) in [7, 11) is 1.67. The summed E-state index contributed by atoms with van der Waals surface area (Å²) in [4.78, 5) is 23.3. The van der Waals surface area contributed by atoms with Crippen molar-refractivity contribution in [3.63, 3.8) is 0 Å². The first-order valence-corrected chi connectivity index (χ1v) is 8.99. The molecular formula is C19H23N3O4. The molecule has 0 aromatic carbocycles. The zero-order valence-corrected chi connectivity index (χ0v) is 15.1. The fraction of sp³-hybridized carbons (Fsp3) is 0.526. The second kappa shape index (κ2) is 7.07. The lowest BCUT2D eigenvalue weighted by Gasteiger charge is -2.23. The molecule has 0 radical (unpaired) electrons. The summed E-state index contributed by atoms with van der Waals surface area (Å²) >= 11 is 0. The van der Waals surface area contributed by atoms with Crippen molar-refractivity contribution in [1.82, 2.24) is 14.9 Å². The number of methoxy groups -OCH3 is 1. The molecule has 26 heavy (non-hydrogen) atoms. The van der Waals surface area contributed by atoms with E-state index in [-0.39, 0.29) is 18.1 Å². The molecule has 2 atom stereocenters. The van der Waals surface area contributed by atoms with Crippen molar-refractivity contribution in [1.29, 1.82) is 0 Å². The number of aryl methyl sites for hydroxylation is 1. The normalized spacial score (nSPS) is 22.6. The number of pyridine rings is 1. The number of aromatic nitrogens is 2. The van der Waals surface area contributed by atoms with Crippen molar-refractivity contribution < 1.29 is 18.7 Å². The molecule has 2 aliphatic rings. The lowest BCUT2D eigenvalue weighted by molar-refractivity contribution is 0.0624. The van der Waals surface area contributed by atoms with E-state index >= 15 is 0 Å². The molecule has 1 aliphatic heterocycles. The van der Waals surface area contributed by atoms with Crippen LogP contribution in [-0.4, -0.2) is 53.2 Å². The van der Waals surface area contributed by atoms with Gasteiger partial charge in [-0.15, -0.1) is 0 Å². The number of likely N-dealkylation sites (tertiary alicyclic amines) is 1. The van der Waals surface area contributed by atoms with Gasteiger partial charge < -0.3 is 18.8 Å². The molecule has 0 N–H and O–H groups in total. The second-order valence-corrected chi connectivity index (χ2v) is 6.95. The van der Waals surface area contributed by atoms with E-state index in [0.29, 0.717) is 42.2 Å². The summed E-state index contributed by atoms with van der Waals surface area (Å²) in [6.45, 7) is 2.74. The van der Waals surface area contributed by atoms with Gasteiger partial charge in [0.2, 0.25) is 5.76 Å². The molecule has 1 aliphatic carbocycles. The fourth-order valence-electron chi connectivity index (χ4n) is 3.33. The molecule has 0 spiro atoms. The summed E-state index contributed by atoms with van der Waals surface area (Å²) in [5, 5.41) is 0. The average molecular weight is 357 g/mol. The molecule has 1 amide bonds. The second-order valence-electron chi connectivity index (χ2n) is 6.95. The molecule has 2 aromatic rings. The van der Waals surface area contributed by atoms with E-state index in [1.54, 1.807) is 24.4 Å². The summed E-state index contributed by atoms with van der Waals surface area (Å²) in [6, 6.07) is 3.59. The first-order chi connectivity index (χ1) is 12.7. The monoisotopic (exact) mass is 357 g/mol. The molecule has 4 rings (SSSR count). The van der Waals surface area contributed by atoms with Crippen LogP contribution in [-0.2, 0) is 4.74 Å². The maximum Gasteiger partial charge on any atom is 0.292 e. The van der Waals surface area contributed by atoms with E-state index in [2.05, 4.69) is 9.97 Å². The van der Waals surface area contributed by atoms with E-state index in [4.69, 9.17) is 13.9 Å². The van der Waals surface area contributed by atoms with E-state index in [1.165, 1.54) is 0 Å². The Balaban J connectivity index is 1.49. The smallest absolute Gasteiger partial charge is 0.292 e. The molecule has 3 heterocycles.